The lowest BCUT2D eigenvalue weighted by molar-refractivity contribution is -0.151. The van der Waals surface area contributed by atoms with Gasteiger partial charge in [0.05, 0.1) is 12.8 Å². The van der Waals surface area contributed by atoms with E-state index in [0.29, 0.717) is 5.56 Å². The van der Waals surface area contributed by atoms with Crippen molar-refractivity contribution in [2.45, 2.75) is 91.1 Å². The molecule has 6 N–H and O–H groups in total. The Morgan fingerprint density at radius 2 is 0.981 bits per heavy atom. The van der Waals surface area contributed by atoms with Crippen LogP contribution in [0.15, 0.2) is 54.6 Å². The third-order valence-corrected chi connectivity index (χ3v) is 7.68. The molecule has 0 aromatic heterocycles. The molecule has 4 unspecified atom stereocenters. The quantitative estimate of drug-likeness (QED) is 0.0615. The lowest BCUT2D eigenvalue weighted by atomic mass is 10.00. The van der Waals surface area contributed by atoms with Crippen molar-refractivity contribution in [3.63, 3.8) is 0 Å². The van der Waals surface area contributed by atoms with Crippen LogP contribution in [0.3, 0.4) is 0 Å². The van der Waals surface area contributed by atoms with Crippen LogP contribution in [-0.2, 0) is 52.6 Å². The number of benzene rings is 3. The Labute approximate surface area is 311 Å². The summed E-state index contributed by atoms with van der Waals surface area (Å²) in [6.45, 7) is 7.53. The second-order valence-electron chi connectivity index (χ2n) is 12.8. The largest absolute Gasteiger partial charge is 0.508 e. The highest BCUT2D eigenvalue weighted by molar-refractivity contribution is 5.98. The molecule has 3 aromatic rings. The monoisotopic (exact) mass is 752 g/mol. The predicted molar refractivity (Wildman–Crippen MR) is 190 cm³/mol. The molecule has 0 bridgehead atoms. The van der Waals surface area contributed by atoms with Gasteiger partial charge in [-0.1, -0.05) is 6.08 Å². The minimum atomic E-state index is -1.07. The third kappa shape index (κ3) is 12.8. The highest BCUT2D eigenvalue weighted by Gasteiger charge is 2.27. The molecule has 0 saturated heterocycles. The number of aromatic hydroxyl groups is 6. The molecule has 0 aliphatic heterocycles. The molecule has 0 aliphatic carbocycles. The number of ether oxygens (including phenoxy) is 4. The number of ketones is 1. The van der Waals surface area contributed by atoms with Crippen molar-refractivity contribution in [1.82, 2.24) is 0 Å². The van der Waals surface area contributed by atoms with Crippen molar-refractivity contribution in [2.24, 2.45) is 0 Å². The van der Waals surface area contributed by atoms with Crippen LogP contribution >= 0.6 is 0 Å². The van der Waals surface area contributed by atoms with Crippen LogP contribution < -0.4 is 0 Å². The van der Waals surface area contributed by atoms with E-state index in [4.69, 9.17) is 18.9 Å². The third-order valence-electron chi connectivity index (χ3n) is 7.68. The fourth-order valence-corrected chi connectivity index (χ4v) is 5.62. The average molecular weight is 753 g/mol. The highest BCUT2D eigenvalue weighted by atomic mass is 16.6. The second-order valence-corrected chi connectivity index (χ2v) is 12.8. The molecular formula is C39H44O15. The summed E-state index contributed by atoms with van der Waals surface area (Å²) in [6.07, 6.45) is -2.04. The SMILES string of the molecule is CC=CC(=O)Cc1cc(O)cc(O)c1C(=O)OC(C)CC(=O)OC(C)Cc1cc(O)cc(O)c1C(=O)OC(C)CC(=O)OC(C)Cc1cc(O)cc(O)c1. The van der Waals surface area contributed by atoms with Gasteiger partial charge in [0.2, 0.25) is 0 Å². The van der Waals surface area contributed by atoms with Crippen molar-refractivity contribution >= 4 is 29.7 Å². The molecule has 3 aromatic carbocycles. The van der Waals surface area contributed by atoms with E-state index in [2.05, 4.69) is 0 Å². The smallest absolute Gasteiger partial charge is 0.342 e. The van der Waals surface area contributed by atoms with Gasteiger partial charge in [0.1, 0.15) is 70.0 Å². The summed E-state index contributed by atoms with van der Waals surface area (Å²) in [6, 6.07) is 8.14. The first-order chi connectivity index (χ1) is 25.3. The molecule has 290 valence electrons. The van der Waals surface area contributed by atoms with Crippen LogP contribution in [0.5, 0.6) is 34.5 Å². The zero-order valence-corrected chi connectivity index (χ0v) is 30.4. The van der Waals surface area contributed by atoms with Gasteiger partial charge in [-0.25, -0.2) is 9.59 Å². The van der Waals surface area contributed by atoms with Crippen molar-refractivity contribution < 1.29 is 73.6 Å². The minimum Gasteiger partial charge on any atom is -0.508 e. The van der Waals surface area contributed by atoms with Crippen molar-refractivity contribution in [2.75, 3.05) is 0 Å². The molecule has 0 spiro atoms. The van der Waals surface area contributed by atoms with E-state index in [1.54, 1.807) is 13.8 Å². The summed E-state index contributed by atoms with van der Waals surface area (Å²) < 4.78 is 21.5. The van der Waals surface area contributed by atoms with Gasteiger partial charge in [-0.3, -0.25) is 14.4 Å². The maximum absolute atomic E-state index is 13.2. The van der Waals surface area contributed by atoms with Crippen LogP contribution in [0.1, 0.15) is 84.9 Å². The van der Waals surface area contributed by atoms with Gasteiger partial charge in [-0.2, -0.15) is 0 Å². The van der Waals surface area contributed by atoms with E-state index in [9.17, 15) is 54.6 Å². The fraction of sp³-hybridized carbons (Fsp3) is 0.359. The number of hydrogen-bond acceptors (Lipinski definition) is 15. The molecule has 0 aliphatic rings. The summed E-state index contributed by atoms with van der Waals surface area (Å²) in [5.74, 6) is -6.33. The molecule has 0 amide bonds. The molecule has 0 fully saturated rings. The molecule has 0 saturated carbocycles. The van der Waals surface area contributed by atoms with Crippen molar-refractivity contribution in [3.05, 3.63) is 82.4 Å². The number of phenolic OH excluding ortho intramolecular Hbond substituents is 6. The molecule has 0 radical (unpaired) electrons. The molecule has 3 rings (SSSR count). The Hall–Kier alpha value is -6.25. The zero-order valence-electron chi connectivity index (χ0n) is 30.4. The second kappa shape index (κ2) is 19.0. The number of carbonyl (C=O) groups excluding carboxylic acids is 5. The minimum absolute atomic E-state index is 0.0144. The van der Waals surface area contributed by atoms with Crippen LogP contribution in [0.2, 0.25) is 0 Å². The first-order valence-electron chi connectivity index (χ1n) is 16.9. The lowest BCUT2D eigenvalue weighted by Gasteiger charge is -2.20. The maximum Gasteiger partial charge on any atom is 0.342 e. The summed E-state index contributed by atoms with van der Waals surface area (Å²) in [7, 11) is 0. The Morgan fingerprint density at radius 1 is 0.556 bits per heavy atom. The van der Waals surface area contributed by atoms with Crippen molar-refractivity contribution in [1.29, 1.82) is 0 Å². The lowest BCUT2D eigenvalue weighted by Crippen LogP contribution is -2.25. The van der Waals surface area contributed by atoms with Gasteiger partial charge in [0.15, 0.2) is 5.78 Å². The number of hydrogen-bond donors (Lipinski definition) is 6. The molecule has 15 heteroatoms. The molecular weight excluding hydrogens is 708 g/mol. The predicted octanol–water partition coefficient (Wildman–Crippen LogP) is 4.83. The van der Waals surface area contributed by atoms with Crippen LogP contribution in [0.25, 0.3) is 0 Å². The maximum atomic E-state index is 13.2. The first kappa shape index (κ1) is 42.2. The van der Waals surface area contributed by atoms with Crippen LogP contribution in [-0.4, -0.2) is 84.7 Å². The first-order valence-corrected chi connectivity index (χ1v) is 16.9. The van der Waals surface area contributed by atoms with Crippen molar-refractivity contribution in [3.8, 4) is 34.5 Å². The highest BCUT2D eigenvalue weighted by Crippen LogP contribution is 2.31. The standard InChI is InChI=1S/C39H44O15/c1-6-7-27(40)14-26-16-31(44)19-33(46)37(26)39(50)54-23(5)11-35(48)52-21(3)9-25-15-30(43)18-32(45)36(25)38(49)53-22(4)10-34(47)51-20(2)8-24-12-28(41)17-29(42)13-24/h6-7,12-13,15-23,41-46H,8-11,14H2,1-5H3. The summed E-state index contributed by atoms with van der Waals surface area (Å²) in [4.78, 5) is 63.6. The van der Waals surface area contributed by atoms with Crippen LogP contribution in [0.4, 0.5) is 0 Å². The van der Waals surface area contributed by atoms with Gasteiger partial charge in [0.25, 0.3) is 0 Å². The van der Waals surface area contributed by atoms with Crippen LogP contribution in [0, 0.1) is 0 Å². The summed E-state index contributed by atoms with van der Waals surface area (Å²) >= 11 is 0. The average Bonchev–Trinajstić information content (AvgIpc) is 2.99. The Kier molecular flexibility index (Phi) is 14.8. The number of phenols is 6. The number of rotatable bonds is 17. The molecule has 15 nitrogen and oxygen atoms in total. The van der Waals surface area contributed by atoms with Gasteiger partial charge in [0, 0.05) is 37.5 Å². The summed E-state index contributed by atoms with van der Waals surface area (Å²) in [5.41, 5.74) is -0.0993. The number of esters is 4. The fourth-order valence-electron chi connectivity index (χ4n) is 5.62. The Morgan fingerprint density at radius 3 is 1.46 bits per heavy atom. The van der Waals surface area contributed by atoms with E-state index in [1.807, 2.05) is 0 Å². The normalized spacial score (nSPS) is 13.4. The van der Waals surface area contributed by atoms with E-state index in [1.165, 1.54) is 51.1 Å². The number of carbonyl (C=O) groups is 5. The van der Waals surface area contributed by atoms with Gasteiger partial charge >= 0.3 is 23.9 Å². The number of allylic oxidation sites excluding steroid dienone is 2. The Balaban J connectivity index is 1.59. The molecule has 4 atom stereocenters. The van der Waals surface area contributed by atoms with E-state index < -0.39 is 77.7 Å². The van der Waals surface area contributed by atoms with E-state index in [0.717, 1.165) is 24.3 Å². The van der Waals surface area contributed by atoms with E-state index in [-0.39, 0.29) is 65.2 Å². The van der Waals surface area contributed by atoms with E-state index >= 15 is 0 Å². The zero-order chi connectivity index (χ0) is 40.3. The van der Waals surface area contributed by atoms with Gasteiger partial charge < -0.3 is 49.6 Å². The molecule has 54 heavy (non-hydrogen) atoms. The topological polar surface area (TPSA) is 244 Å². The summed E-state index contributed by atoms with van der Waals surface area (Å²) in [5, 5.41) is 60.2. The van der Waals surface area contributed by atoms with Gasteiger partial charge in [-0.05, 0) is 81.7 Å². The Bertz CT molecular complexity index is 1880. The van der Waals surface area contributed by atoms with Gasteiger partial charge in [-0.15, -0.1) is 0 Å². The molecule has 0 heterocycles.